The van der Waals surface area contributed by atoms with Gasteiger partial charge in [-0.1, -0.05) is 19.4 Å². The maximum Gasteiger partial charge on any atom is 0.234 e. The van der Waals surface area contributed by atoms with E-state index >= 15 is 0 Å². The second kappa shape index (κ2) is 20.2. The minimum absolute atomic E-state index is 0.160. The number of hydrogen-bond acceptors (Lipinski definition) is 8. The molecule has 0 unspecified atom stereocenters. The summed E-state index contributed by atoms with van der Waals surface area (Å²) in [5.41, 5.74) is 16.6. The summed E-state index contributed by atoms with van der Waals surface area (Å²) in [4.78, 5) is 32.2. The molecule has 0 atom stereocenters. The lowest BCUT2D eigenvalue weighted by molar-refractivity contribution is -0.107. The highest BCUT2D eigenvalue weighted by atomic mass is 19.1. The standard InChI is InChI=1S/C15H25N5.C12H11FN2O2.C8H10FN/c1-3-4-11-5-8-18-14(16)13(11)15(17)19-12-6-9-20(2)10-7-12;1-10(8-16)6-7-14-15(9-17)12-4-2-11(13)3-5-12;1-6-3-4-7(10-2)5-8(6)9/h5,8,12H,3-4,6-7,9-10H2,1-2H3,(H2,16,18)(H2,17,19);2-9H,1H3;3-5,10H,1-2H3/b;10-6+,14-7-;. The second-order valence-corrected chi connectivity index (χ2v) is 11.0. The van der Waals surface area contributed by atoms with Crippen LogP contribution in [0.15, 0.2) is 76.5 Å². The van der Waals surface area contributed by atoms with E-state index in [0.29, 0.717) is 47.2 Å². The smallest absolute Gasteiger partial charge is 0.234 e. The first-order chi connectivity index (χ1) is 22.5. The number of piperidine rings is 1. The lowest BCUT2D eigenvalue weighted by Gasteiger charge is -2.27. The Morgan fingerprint density at radius 1 is 1.13 bits per heavy atom. The molecule has 252 valence electrons. The van der Waals surface area contributed by atoms with Crippen molar-refractivity contribution in [2.75, 3.05) is 43.2 Å². The summed E-state index contributed by atoms with van der Waals surface area (Å²) < 4.78 is 25.4. The van der Waals surface area contributed by atoms with E-state index in [9.17, 15) is 18.4 Å². The van der Waals surface area contributed by atoms with Gasteiger partial charge in [0.05, 0.1) is 17.3 Å². The van der Waals surface area contributed by atoms with Gasteiger partial charge in [0.2, 0.25) is 6.41 Å². The van der Waals surface area contributed by atoms with Crippen molar-refractivity contribution in [3.8, 4) is 0 Å². The highest BCUT2D eigenvalue weighted by Gasteiger charge is 2.18. The zero-order valence-electron chi connectivity index (χ0n) is 27.8. The number of aliphatic imine (C=N–C) groups is 1. The average molecular weight is 649 g/mol. The predicted molar refractivity (Wildman–Crippen MR) is 188 cm³/mol. The summed E-state index contributed by atoms with van der Waals surface area (Å²) >= 11 is 0. The van der Waals surface area contributed by atoms with Crippen LogP contribution in [0.2, 0.25) is 0 Å². The molecule has 1 aliphatic heterocycles. The quantitative estimate of drug-likeness (QED) is 0.0865. The second-order valence-electron chi connectivity index (χ2n) is 11.0. The van der Waals surface area contributed by atoms with E-state index in [1.54, 1.807) is 33.2 Å². The van der Waals surface area contributed by atoms with E-state index in [0.717, 1.165) is 60.6 Å². The number of aldehydes is 1. The van der Waals surface area contributed by atoms with Gasteiger partial charge in [0.25, 0.3) is 0 Å². The number of aryl methyl sites for hydroxylation is 2. The van der Waals surface area contributed by atoms with Gasteiger partial charge in [0.1, 0.15) is 29.6 Å². The van der Waals surface area contributed by atoms with E-state index in [-0.39, 0.29) is 11.6 Å². The van der Waals surface area contributed by atoms with Crippen LogP contribution >= 0.6 is 0 Å². The molecular weight excluding hydrogens is 602 g/mol. The summed E-state index contributed by atoms with van der Waals surface area (Å²) in [6.07, 6.45) is 9.81. The molecule has 2 aromatic carbocycles. The van der Waals surface area contributed by atoms with E-state index in [1.807, 2.05) is 12.1 Å². The van der Waals surface area contributed by atoms with Crippen LogP contribution in [-0.4, -0.2) is 67.9 Å². The SMILES string of the molecule is C/C(C=O)=C\C=N/N(C=O)c1ccc(F)cc1.CCCc1ccnc(N)c1C(N)=NC1CCN(C)CC1.CNc1ccc(C)c(F)c1. The number of nitrogens with two attached hydrogens (primary N) is 2. The average Bonchev–Trinajstić information content (AvgIpc) is 3.06. The van der Waals surface area contributed by atoms with Gasteiger partial charge in [-0.15, -0.1) is 0 Å². The van der Waals surface area contributed by atoms with Crippen molar-refractivity contribution in [2.45, 2.75) is 52.5 Å². The van der Waals surface area contributed by atoms with Crippen LogP contribution in [0.4, 0.5) is 26.0 Å². The van der Waals surface area contributed by atoms with Crippen LogP contribution in [0.25, 0.3) is 0 Å². The molecule has 12 heteroatoms. The summed E-state index contributed by atoms with van der Waals surface area (Å²) in [5.74, 6) is 0.492. The molecule has 5 N–H and O–H groups in total. The molecule has 3 aromatic rings. The summed E-state index contributed by atoms with van der Waals surface area (Å²) in [6.45, 7) is 7.65. The molecule has 0 aliphatic carbocycles. The number of hydrogen-bond donors (Lipinski definition) is 3. The molecule has 1 amide bonds. The van der Waals surface area contributed by atoms with Crippen LogP contribution in [0.5, 0.6) is 0 Å². The van der Waals surface area contributed by atoms with Crippen molar-refractivity contribution in [1.82, 2.24) is 9.88 Å². The maximum atomic E-state index is 12.7. The Bertz CT molecular complexity index is 1520. The monoisotopic (exact) mass is 648 g/mol. The Morgan fingerprint density at radius 2 is 1.81 bits per heavy atom. The Hall–Kier alpha value is -4.97. The molecule has 0 bridgehead atoms. The Kier molecular flexibility index (Phi) is 16.4. The summed E-state index contributed by atoms with van der Waals surface area (Å²) in [5, 5.41) is 7.70. The van der Waals surface area contributed by atoms with Gasteiger partial charge in [-0.25, -0.2) is 18.8 Å². The minimum Gasteiger partial charge on any atom is -0.388 e. The van der Waals surface area contributed by atoms with Gasteiger partial charge in [-0.2, -0.15) is 5.10 Å². The molecule has 10 nitrogen and oxygen atoms in total. The van der Waals surface area contributed by atoms with Crippen molar-refractivity contribution in [1.29, 1.82) is 0 Å². The Labute approximate surface area is 276 Å². The van der Waals surface area contributed by atoms with Gasteiger partial charge >= 0.3 is 0 Å². The van der Waals surface area contributed by atoms with Gasteiger partial charge in [0.15, 0.2) is 0 Å². The van der Waals surface area contributed by atoms with Crippen LogP contribution in [0.1, 0.15) is 49.8 Å². The number of hydrazone groups is 1. The van der Waals surface area contributed by atoms with Gasteiger partial charge in [-0.3, -0.25) is 14.6 Å². The third-order valence-corrected chi connectivity index (χ3v) is 7.22. The number of amides is 1. The normalized spacial score (nSPS) is 14.0. The lowest BCUT2D eigenvalue weighted by Crippen LogP contribution is -2.33. The van der Waals surface area contributed by atoms with Crippen molar-refractivity contribution >= 4 is 41.9 Å². The van der Waals surface area contributed by atoms with Crippen LogP contribution < -0.4 is 21.8 Å². The van der Waals surface area contributed by atoms with Crippen molar-refractivity contribution < 1.29 is 18.4 Å². The maximum absolute atomic E-state index is 12.7. The number of carbonyl (C=O) groups is 2. The number of halogens is 2. The Morgan fingerprint density at radius 3 is 2.38 bits per heavy atom. The topological polar surface area (TPSA) is 142 Å². The number of nitrogens with one attached hydrogen (secondary N) is 1. The molecule has 1 aromatic heterocycles. The highest BCUT2D eigenvalue weighted by molar-refractivity contribution is 6.02. The highest BCUT2D eigenvalue weighted by Crippen LogP contribution is 2.19. The predicted octanol–water partition coefficient (Wildman–Crippen LogP) is 5.51. The van der Waals surface area contributed by atoms with Gasteiger partial charge in [-0.05, 0) is 118 Å². The number of likely N-dealkylation sites (tertiary alicyclic amines) is 1. The zero-order valence-corrected chi connectivity index (χ0v) is 27.8. The number of allylic oxidation sites excluding steroid dienone is 2. The number of nitrogen functional groups attached to an aromatic ring is 1. The number of pyridine rings is 1. The van der Waals surface area contributed by atoms with Gasteiger partial charge in [0, 0.05) is 25.1 Å². The summed E-state index contributed by atoms with van der Waals surface area (Å²) in [6, 6.07) is 12.7. The van der Waals surface area contributed by atoms with E-state index < -0.39 is 0 Å². The number of nitrogens with zero attached hydrogens (tertiary/aromatic N) is 5. The van der Waals surface area contributed by atoms with Gasteiger partial charge < -0.3 is 21.7 Å². The largest absolute Gasteiger partial charge is 0.388 e. The first-order valence-corrected chi connectivity index (χ1v) is 15.4. The van der Waals surface area contributed by atoms with Crippen LogP contribution in [0, 0.1) is 18.6 Å². The van der Waals surface area contributed by atoms with Crippen LogP contribution in [0.3, 0.4) is 0 Å². The first-order valence-electron chi connectivity index (χ1n) is 15.4. The fourth-order valence-corrected chi connectivity index (χ4v) is 4.44. The molecule has 1 fully saturated rings. The number of carbonyl (C=O) groups excluding carboxylic acids is 2. The number of amidine groups is 1. The fourth-order valence-electron chi connectivity index (χ4n) is 4.44. The first kappa shape index (κ1) is 38.2. The molecule has 47 heavy (non-hydrogen) atoms. The molecule has 1 saturated heterocycles. The van der Waals surface area contributed by atoms with Crippen molar-refractivity contribution in [3.63, 3.8) is 0 Å². The molecule has 2 heterocycles. The third kappa shape index (κ3) is 13.1. The van der Waals surface area contributed by atoms with E-state index in [1.165, 1.54) is 42.6 Å². The number of rotatable bonds is 10. The number of anilines is 3. The molecular formula is C35H46F2N8O2. The zero-order chi connectivity index (χ0) is 34.8. The van der Waals surface area contributed by atoms with E-state index in [2.05, 4.69) is 34.3 Å². The molecule has 1 aliphatic rings. The molecule has 0 saturated carbocycles. The van der Waals surface area contributed by atoms with Crippen molar-refractivity contribution in [3.05, 3.63) is 94.7 Å². The molecule has 0 radical (unpaired) electrons. The third-order valence-electron chi connectivity index (χ3n) is 7.22. The van der Waals surface area contributed by atoms with Crippen molar-refractivity contribution in [2.24, 2.45) is 15.8 Å². The number of benzene rings is 2. The fraction of sp³-hybridized carbons (Fsp3) is 0.343. The van der Waals surface area contributed by atoms with E-state index in [4.69, 9.17) is 16.5 Å². The summed E-state index contributed by atoms with van der Waals surface area (Å²) in [7, 11) is 3.91. The number of aromatic nitrogens is 1. The minimum atomic E-state index is -0.389. The molecule has 4 rings (SSSR count). The van der Waals surface area contributed by atoms with Crippen LogP contribution in [-0.2, 0) is 16.0 Å². The molecule has 0 spiro atoms. The Balaban J connectivity index is 0.000000258. The lowest BCUT2D eigenvalue weighted by atomic mass is 10.0.